The molecule has 108 valence electrons. The lowest BCUT2D eigenvalue weighted by atomic mass is 10.0. The van der Waals surface area contributed by atoms with Gasteiger partial charge in [0.1, 0.15) is 5.65 Å². The fourth-order valence-electron chi connectivity index (χ4n) is 2.75. The van der Waals surface area contributed by atoms with Gasteiger partial charge in [-0.15, -0.1) is 0 Å². The lowest BCUT2D eigenvalue weighted by Crippen LogP contribution is -1.89. The highest BCUT2D eigenvalue weighted by Gasteiger charge is 2.03. The zero-order valence-corrected chi connectivity index (χ0v) is 12.3. The first-order valence-electron chi connectivity index (χ1n) is 7.40. The minimum atomic E-state index is 0.971. The van der Waals surface area contributed by atoms with E-state index in [1.807, 2.05) is 18.6 Å². The molecule has 1 N–H and O–H groups in total. The minimum absolute atomic E-state index is 0.971. The lowest BCUT2D eigenvalue weighted by Gasteiger charge is -2.07. The van der Waals surface area contributed by atoms with Gasteiger partial charge in [0.25, 0.3) is 0 Å². The van der Waals surface area contributed by atoms with Crippen molar-refractivity contribution in [3.63, 3.8) is 0 Å². The zero-order chi connectivity index (χ0) is 14.9. The smallest absolute Gasteiger partial charge is 0.136 e. The minimum Gasteiger partial charge on any atom is -0.307 e. The molecule has 0 spiro atoms. The fourth-order valence-corrected chi connectivity index (χ4v) is 2.75. The van der Waals surface area contributed by atoms with Crippen LogP contribution in [0.3, 0.4) is 0 Å². The molecule has 0 aliphatic heterocycles. The first-order valence-corrected chi connectivity index (χ1v) is 7.40. The van der Waals surface area contributed by atoms with Gasteiger partial charge in [0.15, 0.2) is 0 Å². The molecule has 0 unspecified atom stereocenters. The predicted molar refractivity (Wildman–Crippen MR) is 89.4 cm³/mol. The quantitative estimate of drug-likeness (QED) is 0.615. The van der Waals surface area contributed by atoms with Gasteiger partial charge in [-0.05, 0) is 47.4 Å². The van der Waals surface area contributed by atoms with Crippen LogP contribution in [0.5, 0.6) is 0 Å². The summed E-state index contributed by atoms with van der Waals surface area (Å²) in [5, 5.41) is 8.19. The highest BCUT2D eigenvalue weighted by molar-refractivity contribution is 5.86. The van der Waals surface area contributed by atoms with E-state index in [0.717, 1.165) is 23.0 Å². The summed E-state index contributed by atoms with van der Waals surface area (Å²) in [5.41, 5.74) is 5.75. The standard InChI is InChI=1S/C18H16N4/c1-2-14(15-4-6-18-19-7-8-22(18)12-15)9-13-3-5-17-16(10-13)11-20-21-17/h3-12H,2H2,1H3,(H,20,21)/b14-9+. The first kappa shape index (κ1) is 12.8. The molecule has 22 heavy (non-hydrogen) atoms. The Morgan fingerprint density at radius 3 is 3.14 bits per heavy atom. The van der Waals surface area contributed by atoms with E-state index in [4.69, 9.17) is 0 Å². The average molecular weight is 288 g/mol. The number of hydrogen-bond donors (Lipinski definition) is 1. The fraction of sp³-hybridized carbons (Fsp3) is 0.111. The third-order valence-electron chi connectivity index (χ3n) is 3.95. The molecule has 0 amide bonds. The molecular weight excluding hydrogens is 272 g/mol. The summed E-state index contributed by atoms with van der Waals surface area (Å²) in [6.07, 6.45) is 11.0. The van der Waals surface area contributed by atoms with E-state index in [0.29, 0.717) is 0 Å². The second-order valence-corrected chi connectivity index (χ2v) is 5.35. The second kappa shape index (κ2) is 5.15. The highest BCUT2D eigenvalue weighted by Crippen LogP contribution is 2.23. The molecule has 0 atom stereocenters. The van der Waals surface area contributed by atoms with Crippen LogP contribution in [0, 0.1) is 0 Å². The number of fused-ring (bicyclic) bond motifs is 2. The van der Waals surface area contributed by atoms with Gasteiger partial charge in [0.05, 0.1) is 11.7 Å². The van der Waals surface area contributed by atoms with Crippen molar-refractivity contribution in [3.05, 3.63) is 66.2 Å². The van der Waals surface area contributed by atoms with E-state index < -0.39 is 0 Å². The summed E-state index contributed by atoms with van der Waals surface area (Å²) in [6.45, 7) is 2.18. The van der Waals surface area contributed by atoms with Gasteiger partial charge in [-0.25, -0.2) is 4.98 Å². The molecule has 4 nitrogen and oxygen atoms in total. The number of nitrogens with zero attached hydrogens (tertiary/aromatic N) is 3. The Hall–Kier alpha value is -2.88. The van der Waals surface area contributed by atoms with Crippen LogP contribution >= 0.6 is 0 Å². The summed E-state index contributed by atoms with van der Waals surface area (Å²) >= 11 is 0. The van der Waals surface area contributed by atoms with Crippen molar-refractivity contribution < 1.29 is 0 Å². The Morgan fingerprint density at radius 2 is 2.23 bits per heavy atom. The van der Waals surface area contributed by atoms with E-state index >= 15 is 0 Å². The van der Waals surface area contributed by atoms with Crippen molar-refractivity contribution >= 4 is 28.2 Å². The number of allylic oxidation sites excluding steroid dienone is 1. The van der Waals surface area contributed by atoms with Crippen molar-refractivity contribution in [3.8, 4) is 0 Å². The monoisotopic (exact) mass is 288 g/mol. The van der Waals surface area contributed by atoms with Gasteiger partial charge in [0.2, 0.25) is 0 Å². The second-order valence-electron chi connectivity index (χ2n) is 5.35. The summed E-state index contributed by atoms with van der Waals surface area (Å²) in [6, 6.07) is 10.5. The van der Waals surface area contributed by atoms with Crippen molar-refractivity contribution in [2.75, 3.05) is 0 Å². The van der Waals surface area contributed by atoms with E-state index in [1.54, 1.807) is 0 Å². The molecule has 0 bridgehead atoms. The first-order chi connectivity index (χ1) is 10.8. The number of benzene rings is 1. The molecule has 0 saturated carbocycles. The highest BCUT2D eigenvalue weighted by atomic mass is 15.1. The molecule has 4 heteroatoms. The maximum Gasteiger partial charge on any atom is 0.136 e. The predicted octanol–water partition coefficient (Wildman–Crippen LogP) is 4.16. The summed E-state index contributed by atoms with van der Waals surface area (Å²) < 4.78 is 2.05. The number of aromatic amines is 1. The summed E-state index contributed by atoms with van der Waals surface area (Å²) in [5.74, 6) is 0. The number of imidazole rings is 1. The van der Waals surface area contributed by atoms with Gasteiger partial charge in [-0.1, -0.05) is 19.1 Å². The van der Waals surface area contributed by atoms with E-state index in [9.17, 15) is 0 Å². The van der Waals surface area contributed by atoms with E-state index in [-0.39, 0.29) is 0 Å². The Balaban J connectivity index is 1.78. The molecule has 0 aliphatic carbocycles. The van der Waals surface area contributed by atoms with Gasteiger partial charge < -0.3 is 4.40 Å². The average Bonchev–Trinajstić information content (AvgIpc) is 3.19. The van der Waals surface area contributed by atoms with Crippen molar-refractivity contribution in [2.24, 2.45) is 0 Å². The number of pyridine rings is 1. The zero-order valence-electron chi connectivity index (χ0n) is 12.3. The Labute approximate surface area is 128 Å². The molecule has 0 saturated heterocycles. The molecule has 4 aromatic rings. The van der Waals surface area contributed by atoms with E-state index in [2.05, 4.69) is 69.1 Å². The normalized spacial score (nSPS) is 12.3. The maximum absolute atomic E-state index is 4.29. The summed E-state index contributed by atoms with van der Waals surface area (Å²) in [7, 11) is 0. The van der Waals surface area contributed by atoms with Crippen molar-refractivity contribution in [1.29, 1.82) is 0 Å². The molecule has 3 aromatic heterocycles. The van der Waals surface area contributed by atoms with Crippen molar-refractivity contribution in [1.82, 2.24) is 19.6 Å². The SMILES string of the molecule is CC/C(=C\c1ccc2[nH]ncc2c1)c1ccc2nccn2c1. The molecular formula is C18H16N4. The maximum atomic E-state index is 4.29. The summed E-state index contributed by atoms with van der Waals surface area (Å²) in [4.78, 5) is 4.29. The van der Waals surface area contributed by atoms with Crippen molar-refractivity contribution in [2.45, 2.75) is 13.3 Å². The Morgan fingerprint density at radius 1 is 1.27 bits per heavy atom. The van der Waals surface area contributed by atoms with Gasteiger partial charge in [-0.3, -0.25) is 5.10 Å². The van der Waals surface area contributed by atoms with Gasteiger partial charge >= 0.3 is 0 Å². The van der Waals surface area contributed by atoms with Gasteiger partial charge in [0, 0.05) is 24.0 Å². The molecule has 1 aromatic carbocycles. The van der Waals surface area contributed by atoms with Crippen LogP contribution in [-0.4, -0.2) is 19.6 Å². The van der Waals surface area contributed by atoms with Crippen LogP contribution in [-0.2, 0) is 0 Å². The molecule has 0 radical (unpaired) electrons. The lowest BCUT2D eigenvalue weighted by molar-refractivity contribution is 1.12. The van der Waals surface area contributed by atoms with Gasteiger partial charge in [-0.2, -0.15) is 5.10 Å². The van der Waals surface area contributed by atoms with Crippen LogP contribution in [0.15, 0.2) is 55.1 Å². The molecule has 0 fully saturated rings. The number of rotatable bonds is 3. The number of nitrogens with one attached hydrogen (secondary N) is 1. The Kier molecular flexibility index (Phi) is 3.00. The Bertz CT molecular complexity index is 975. The number of H-pyrrole nitrogens is 1. The topological polar surface area (TPSA) is 46.0 Å². The molecule has 3 heterocycles. The number of aromatic nitrogens is 4. The van der Waals surface area contributed by atoms with Crippen LogP contribution in [0.2, 0.25) is 0 Å². The van der Waals surface area contributed by atoms with Crippen LogP contribution in [0.4, 0.5) is 0 Å². The third-order valence-corrected chi connectivity index (χ3v) is 3.95. The van der Waals surface area contributed by atoms with E-state index in [1.165, 1.54) is 16.7 Å². The third kappa shape index (κ3) is 2.19. The largest absolute Gasteiger partial charge is 0.307 e. The van der Waals surface area contributed by atoms with Crippen LogP contribution < -0.4 is 0 Å². The number of hydrogen-bond acceptors (Lipinski definition) is 2. The van der Waals surface area contributed by atoms with Crippen LogP contribution in [0.1, 0.15) is 24.5 Å². The molecule has 4 rings (SSSR count). The van der Waals surface area contributed by atoms with Crippen LogP contribution in [0.25, 0.3) is 28.2 Å². The molecule has 0 aliphatic rings.